The molecule has 4 rings (SSSR count). The standard InChI is InChI=1S/C17H14ClF3N4O2S/c18-13-14(16(26)22-8-9-3-1-5-27-9)24-25-12(17(19,20)21)7-10(23-15(13)25)11-4-2-6-28-11/h1-6,10,12,23H,7-8H2,(H,22,26). The number of amides is 1. The van der Waals surface area contributed by atoms with Crippen LogP contribution in [0.3, 0.4) is 0 Å². The number of anilines is 1. The fourth-order valence-electron chi connectivity index (χ4n) is 3.07. The number of furan rings is 1. The van der Waals surface area contributed by atoms with E-state index in [1.165, 1.54) is 17.6 Å². The minimum absolute atomic E-state index is 0.0169. The Balaban J connectivity index is 1.65. The van der Waals surface area contributed by atoms with Crippen molar-refractivity contribution in [3.05, 3.63) is 57.3 Å². The highest BCUT2D eigenvalue weighted by molar-refractivity contribution is 7.10. The molecule has 148 valence electrons. The summed E-state index contributed by atoms with van der Waals surface area (Å²) in [6.45, 7) is 0.0678. The molecule has 4 heterocycles. The first-order valence-electron chi connectivity index (χ1n) is 8.30. The molecule has 0 spiro atoms. The number of carbonyl (C=O) groups excluding carboxylic acids is 1. The van der Waals surface area contributed by atoms with Gasteiger partial charge in [0.2, 0.25) is 0 Å². The number of hydrogen-bond donors (Lipinski definition) is 2. The Morgan fingerprint density at radius 1 is 1.43 bits per heavy atom. The molecule has 28 heavy (non-hydrogen) atoms. The molecule has 0 aromatic carbocycles. The average Bonchev–Trinajstić information content (AvgIpc) is 3.40. The summed E-state index contributed by atoms with van der Waals surface area (Å²) in [5.41, 5.74) is -0.267. The van der Waals surface area contributed by atoms with Crippen molar-refractivity contribution in [1.29, 1.82) is 0 Å². The first kappa shape index (κ1) is 18.9. The van der Waals surface area contributed by atoms with Crippen LogP contribution in [0.1, 0.15) is 39.6 Å². The third-order valence-corrected chi connectivity index (χ3v) is 5.74. The molecule has 2 atom stereocenters. The van der Waals surface area contributed by atoms with Gasteiger partial charge in [0.05, 0.1) is 18.8 Å². The lowest BCUT2D eigenvalue weighted by atomic mass is 10.0. The summed E-state index contributed by atoms with van der Waals surface area (Å²) >= 11 is 7.60. The van der Waals surface area contributed by atoms with Gasteiger partial charge in [-0.1, -0.05) is 17.7 Å². The molecule has 11 heteroatoms. The number of fused-ring (bicyclic) bond motifs is 1. The van der Waals surface area contributed by atoms with Crippen molar-refractivity contribution in [2.24, 2.45) is 0 Å². The van der Waals surface area contributed by atoms with E-state index < -0.39 is 24.2 Å². The number of rotatable bonds is 4. The van der Waals surface area contributed by atoms with E-state index >= 15 is 0 Å². The molecular formula is C17H14ClF3N4O2S. The van der Waals surface area contributed by atoms with Crippen molar-refractivity contribution in [1.82, 2.24) is 15.1 Å². The number of hydrogen-bond acceptors (Lipinski definition) is 5. The molecule has 1 aliphatic rings. The topological polar surface area (TPSA) is 72.1 Å². The summed E-state index contributed by atoms with van der Waals surface area (Å²) in [7, 11) is 0. The smallest absolute Gasteiger partial charge is 0.410 e. The van der Waals surface area contributed by atoms with E-state index in [1.807, 2.05) is 0 Å². The Bertz CT molecular complexity index is 970. The predicted molar refractivity (Wildman–Crippen MR) is 97.5 cm³/mol. The maximum absolute atomic E-state index is 13.7. The summed E-state index contributed by atoms with van der Waals surface area (Å²) < 4.78 is 46.9. The second-order valence-corrected chi connectivity index (χ2v) is 7.58. The monoisotopic (exact) mass is 430 g/mol. The molecule has 0 aliphatic carbocycles. The lowest BCUT2D eigenvalue weighted by Crippen LogP contribution is -2.35. The number of carbonyl (C=O) groups is 1. The van der Waals surface area contributed by atoms with Crippen LogP contribution < -0.4 is 10.6 Å². The number of alkyl halides is 3. The van der Waals surface area contributed by atoms with Gasteiger partial charge in [-0.05, 0) is 23.6 Å². The third kappa shape index (κ3) is 3.49. The zero-order valence-corrected chi connectivity index (χ0v) is 15.7. The van der Waals surface area contributed by atoms with Gasteiger partial charge >= 0.3 is 6.18 Å². The normalized spacial score (nSPS) is 19.1. The SMILES string of the molecule is O=C(NCc1ccco1)c1nn2c(c1Cl)NC(c1cccs1)CC2C(F)(F)F. The van der Waals surface area contributed by atoms with Gasteiger partial charge in [0.25, 0.3) is 5.91 Å². The zero-order chi connectivity index (χ0) is 19.9. The van der Waals surface area contributed by atoms with Gasteiger partial charge in [-0.2, -0.15) is 18.3 Å². The Labute approximate surface area is 166 Å². The Morgan fingerprint density at radius 3 is 2.89 bits per heavy atom. The van der Waals surface area contributed by atoms with E-state index in [4.69, 9.17) is 16.0 Å². The minimum Gasteiger partial charge on any atom is -0.467 e. The average molecular weight is 431 g/mol. The van der Waals surface area contributed by atoms with Crippen LogP contribution in [0.4, 0.5) is 19.0 Å². The summed E-state index contributed by atoms with van der Waals surface area (Å²) in [4.78, 5) is 13.2. The highest BCUT2D eigenvalue weighted by Gasteiger charge is 2.48. The molecule has 1 amide bonds. The fraction of sp³-hybridized carbons (Fsp3) is 0.294. The number of thiophene rings is 1. The number of aromatic nitrogens is 2. The van der Waals surface area contributed by atoms with Crippen LogP contribution in [0.25, 0.3) is 0 Å². The van der Waals surface area contributed by atoms with E-state index in [0.717, 1.165) is 9.56 Å². The van der Waals surface area contributed by atoms with E-state index in [1.54, 1.807) is 29.6 Å². The van der Waals surface area contributed by atoms with Crippen molar-refractivity contribution < 1.29 is 22.4 Å². The van der Waals surface area contributed by atoms with Crippen molar-refractivity contribution >= 4 is 34.7 Å². The van der Waals surface area contributed by atoms with E-state index in [0.29, 0.717) is 5.76 Å². The van der Waals surface area contributed by atoms with E-state index in [9.17, 15) is 18.0 Å². The lowest BCUT2D eigenvalue weighted by molar-refractivity contribution is -0.173. The summed E-state index contributed by atoms with van der Waals surface area (Å²) in [5, 5.41) is 11.1. The summed E-state index contributed by atoms with van der Waals surface area (Å²) in [6, 6.07) is 4.38. The van der Waals surface area contributed by atoms with Gasteiger partial charge in [-0.15, -0.1) is 11.3 Å². The predicted octanol–water partition coefficient (Wildman–Crippen LogP) is 4.78. The number of halogens is 4. The quantitative estimate of drug-likeness (QED) is 0.624. The maximum Gasteiger partial charge on any atom is 0.410 e. The van der Waals surface area contributed by atoms with Crippen LogP contribution in [0.2, 0.25) is 5.02 Å². The zero-order valence-electron chi connectivity index (χ0n) is 14.2. The molecule has 2 unspecified atom stereocenters. The van der Waals surface area contributed by atoms with Crippen LogP contribution in [0.15, 0.2) is 40.3 Å². The highest BCUT2D eigenvalue weighted by Crippen LogP contribution is 2.46. The first-order chi connectivity index (χ1) is 13.3. The largest absolute Gasteiger partial charge is 0.467 e. The minimum atomic E-state index is -4.54. The van der Waals surface area contributed by atoms with Crippen LogP contribution in [-0.2, 0) is 6.54 Å². The van der Waals surface area contributed by atoms with Crippen molar-refractivity contribution in [3.63, 3.8) is 0 Å². The molecule has 0 fully saturated rings. The molecular weight excluding hydrogens is 417 g/mol. The molecule has 0 saturated carbocycles. The van der Waals surface area contributed by atoms with Crippen molar-refractivity contribution in [2.75, 3.05) is 5.32 Å². The molecule has 0 bridgehead atoms. The molecule has 6 nitrogen and oxygen atoms in total. The molecule has 0 radical (unpaired) electrons. The summed E-state index contributed by atoms with van der Waals surface area (Å²) in [6.07, 6.45) is -3.33. The third-order valence-electron chi connectivity index (χ3n) is 4.40. The summed E-state index contributed by atoms with van der Waals surface area (Å²) in [5.74, 6) is -0.201. The Morgan fingerprint density at radius 2 is 2.25 bits per heavy atom. The van der Waals surface area contributed by atoms with Crippen LogP contribution in [0, 0.1) is 0 Å². The Hall–Kier alpha value is -2.46. The van der Waals surface area contributed by atoms with E-state index in [-0.39, 0.29) is 29.5 Å². The fourth-order valence-corrected chi connectivity index (χ4v) is 4.13. The van der Waals surface area contributed by atoms with Gasteiger partial charge in [-0.25, -0.2) is 4.68 Å². The van der Waals surface area contributed by atoms with Gasteiger partial charge < -0.3 is 15.1 Å². The van der Waals surface area contributed by atoms with Crippen LogP contribution >= 0.6 is 22.9 Å². The molecule has 3 aromatic heterocycles. The van der Waals surface area contributed by atoms with Gasteiger partial charge in [-0.3, -0.25) is 4.79 Å². The van der Waals surface area contributed by atoms with Crippen molar-refractivity contribution in [2.45, 2.75) is 31.2 Å². The number of nitrogens with one attached hydrogen (secondary N) is 2. The molecule has 3 aromatic rings. The van der Waals surface area contributed by atoms with Crippen LogP contribution in [-0.4, -0.2) is 21.9 Å². The van der Waals surface area contributed by atoms with E-state index in [2.05, 4.69) is 15.7 Å². The molecule has 0 saturated heterocycles. The highest BCUT2D eigenvalue weighted by atomic mass is 35.5. The molecule has 1 aliphatic heterocycles. The second-order valence-electron chi connectivity index (χ2n) is 6.22. The Kier molecular flexibility index (Phi) is 4.84. The van der Waals surface area contributed by atoms with Crippen LogP contribution in [0.5, 0.6) is 0 Å². The number of nitrogens with zero attached hydrogens (tertiary/aromatic N) is 2. The first-order valence-corrected chi connectivity index (χ1v) is 9.55. The van der Waals surface area contributed by atoms with Gasteiger partial charge in [0.1, 0.15) is 16.6 Å². The van der Waals surface area contributed by atoms with Crippen molar-refractivity contribution in [3.8, 4) is 0 Å². The second kappa shape index (κ2) is 7.17. The lowest BCUT2D eigenvalue weighted by Gasteiger charge is -2.32. The molecule has 2 N–H and O–H groups in total. The van der Waals surface area contributed by atoms with Gasteiger partial charge in [0, 0.05) is 11.3 Å². The van der Waals surface area contributed by atoms with Gasteiger partial charge in [0.15, 0.2) is 11.7 Å². The maximum atomic E-state index is 13.7.